The number of methoxy groups -OCH3 is 1. The zero-order valence-electron chi connectivity index (χ0n) is 10.6. The van der Waals surface area contributed by atoms with Gasteiger partial charge < -0.3 is 15.4 Å². The molecule has 0 radical (unpaired) electrons. The van der Waals surface area contributed by atoms with E-state index in [0.29, 0.717) is 25.0 Å². The van der Waals surface area contributed by atoms with E-state index in [1.165, 1.54) is 0 Å². The van der Waals surface area contributed by atoms with Crippen molar-refractivity contribution in [3.8, 4) is 0 Å². The molecule has 0 aliphatic carbocycles. The van der Waals surface area contributed by atoms with Crippen molar-refractivity contribution in [3.63, 3.8) is 0 Å². The molecular weight excluding hydrogens is 220 g/mol. The molecule has 0 aliphatic rings. The van der Waals surface area contributed by atoms with Gasteiger partial charge in [0.05, 0.1) is 13.2 Å². The fourth-order valence-electron chi connectivity index (χ4n) is 1.26. The summed E-state index contributed by atoms with van der Waals surface area (Å²) in [7, 11) is 1.63. The number of carbonyl (C=O) groups is 1. The Balaban J connectivity index is 2.29. The van der Waals surface area contributed by atoms with Crippen LogP contribution in [0, 0.1) is 0 Å². The largest absolute Gasteiger partial charge is 0.383 e. The average Bonchev–Trinajstić information content (AvgIpc) is 2.73. The molecular formula is C11H20N4O2. The van der Waals surface area contributed by atoms with Gasteiger partial charge in [0, 0.05) is 32.0 Å². The Kier molecular flexibility index (Phi) is 5.65. The number of amides is 1. The van der Waals surface area contributed by atoms with Crippen LogP contribution >= 0.6 is 0 Å². The molecule has 1 aromatic heterocycles. The first-order valence-electron chi connectivity index (χ1n) is 5.68. The summed E-state index contributed by atoms with van der Waals surface area (Å²) in [6.45, 7) is 5.58. The molecule has 1 heterocycles. The highest BCUT2D eigenvalue weighted by Gasteiger charge is 2.05. The van der Waals surface area contributed by atoms with Crippen molar-refractivity contribution in [1.82, 2.24) is 15.1 Å². The van der Waals surface area contributed by atoms with Crippen LogP contribution in [-0.2, 0) is 9.53 Å². The Hall–Kier alpha value is -1.40. The molecule has 1 aromatic rings. The minimum Gasteiger partial charge on any atom is -0.383 e. The van der Waals surface area contributed by atoms with Gasteiger partial charge in [0.25, 0.3) is 0 Å². The maximum absolute atomic E-state index is 11.5. The van der Waals surface area contributed by atoms with Crippen LogP contribution in [0.25, 0.3) is 0 Å². The number of hydrogen-bond acceptors (Lipinski definition) is 4. The molecule has 1 rings (SSSR count). The van der Waals surface area contributed by atoms with Gasteiger partial charge in [-0.05, 0) is 13.8 Å². The van der Waals surface area contributed by atoms with E-state index in [1.54, 1.807) is 17.9 Å². The van der Waals surface area contributed by atoms with E-state index in [-0.39, 0.29) is 12.5 Å². The third kappa shape index (κ3) is 4.97. The number of aromatic nitrogens is 2. The fourth-order valence-corrected chi connectivity index (χ4v) is 1.26. The summed E-state index contributed by atoms with van der Waals surface area (Å²) in [6, 6.07) is 2.08. The van der Waals surface area contributed by atoms with Crippen LogP contribution in [0.5, 0.6) is 0 Å². The first kappa shape index (κ1) is 13.7. The van der Waals surface area contributed by atoms with E-state index in [1.807, 2.05) is 20.0 Å². The van der Waals surface area contributed by atoms with Gasteiger partial charge in [0.1, 0.15) is 0 Å². The second kappa shape index (κ2) is 7.03. The van der Waals surface area contributed by atoms with Crippen molar-refractivity contribution in [2.24, 2.45) is 0 Å². The van der Waals surface area contributed by atoms with Crippen molar-refractivity contribution < 1.29 is 9.53 Å². The molecule has 6 heteroatoms. The summed E-state index contributed by atoms with van der Waals surface area (Å²) in [6.07, 6.45) is 1.85. The summed E-state index contributed by atoms with van der Waals surface area (Å²) >= 11 is 0. The maximum atomic E-state index is 11.5. The van der Waals surface area contributed by atoms with Gasteiger partial charge in [0.15, 0.2) is 5.82 Å². The topological polar surface area (TPSA) is 68.2 Å². The molecule has 0 unspecified atom stereocenters. The highest BCUT2D eigenvalue weighted by Crippen LogP contribution is 2.07. The first-order valence-corrected chi connectivity index (χ1v) is 5.68. The smallest absolute Gasteiger partial charge is 0.239 e. The lowest BCUT2D eigenvalue weighted by Crippen LogP contribution is -2.30. The van der Waals surface area contributed by atoms with Gasteiger partial charge in [-0.15, -0.1) is 0 Å². The maximum Gasteiger partial charge on any atom is 0.239 e. The van der Waals surface area contributed by atoms with Crippen LogP contribution in [0.15, 0.2) is 12.3 Å². The first-order chi connectivity index (χ1) is 8.13. The van der Waals surface area contributed by atoms with E-state index in [4.69, 9.17) is 4.74 Å². The minimum absolute atomic E-state index is 0.102. The Morgan fingerprint density at radius 1 is 1.59 bits per heavy atom. The van der Waals surface area contributed by atoms with Gasteiger partial charge in [-0.1, -0.05) is 0 Å². The molecule has 6 nitrogen and oxygen atoms in total. The standard InChI is InChI=1S/C11H20N4O2/c1-9(2)15-6-4-10(14-15)13-11(16)8-12-5-7-17-3/h4,6,9,12H,5,7-8H2,1-3H3,(H,13,14,16). The second-order valence-electron chi connectivity index (χ2n) is 3.99. The molecule has 0 aromatic carbocycles. The van der Waals surface area contributed by atoms with E-state index in [0.717, 1.165) is 0 Å². The minimum atomic E-state index is -0.102. The Labute approximate surface area is 101 Å². The summed E-state index contributed by atoms with van der Waals surface area (Å²) in [5, 5.41) is 9.91. The number of nitrogens with zero attached hydrogens (tertiary/aromatic N) is 2. The summed E-state index contributed by atoms with van der Waals surface area (Å²) < 4.78 is 6.66. The number of carbonyl (C=O) groups excluding carboxylic acids is 1. The van der Waals surface area contributed by atoms with Crippen molar-refractivity contribution in [1.29, 1.82) is 0 Å². The van der Waals surface area contributed by atoms with Crippen molar-refractivity contribution in [3.05, 3.63) is 12.3 Å². The highest BCUT2D eigenvalue weighted by atomic mass is 16.5. The summed E-state index contributed by atoms with van der Waals surface area (Å²) in [5.74, 6) is 0.479. The van der Waals surface area contributed by atoms with Crippen molar-refractivity contribution >= 4 is 11.7 Å². The van der Waals surface area contributed by atoms with Crippen LogP contribution in [0.3, 0.4) is 0 Å². The molecule has 1 amide bonds. The number of nitrogens with one attached hydrogen (secondary N) is 2. The Morgan fingerprint density at radius 2 is 2.35 bits per heavy atom. The van der Waals surface area contributed by atoms with Gasteiger partial charge >= 0.3 is 0 Å². The molecule has 0 saturated heterocycles. The SMILES string of the molecule is COCCNCC(=O)Nc1ccn(C(C)C)n1. The molecule has 0 bridgehead atoms. The monoisotopic (exact) mass is 240 g/mol. The van der Waals surface area contributed by atoms with E-state index in [9.17, 15) is 4.79 Å². The normalized spacial score (nSPS) is 10.8. The van der Waals surface area contributed by atoms with E-state index in [2.05, 4.69) is 15.7 Å². The zero-order chi connectivity index (χ0) is 12.7. The Bertz CT molecular complexity index is 349. The van der Waals surface area contributed by atoms with Crippen LogP contribution in [0.4, 0.5) is 5.82 Å². The molecule has 17 heavy (non-hydrogen) atoms. The predicted octanol–water partition coefficient (Wildman–Crippen LogP) is 0.638. The summed E-state index contributed by atoms with van der Waals surface area (Å²) in [4.78, 5) is 11.5. The Morgan fingerprint density at radius 3 is 2.94 bits per heavy atom. The molecule has 0 spiro atoms. The predicted molar refractivity (Wildman–Crippen MR) is 66.0 cm³/mol. The lowest BCUT2D eigenvalue weighted by Gasteiger charge is -2.05. The third-order valence-electron chi connectivity index (χ3n) is 2.17. The van der Waals surface area contributed by atoms with E-state index < -0.39 is 0 Å². The number of rotatable bonds is 7. The van der Waals surface area contributed by atoms with E-state index >= 15 is 0 Å². The van der Waals surface area contributed by atoms with Crippen molar-refractivity contribution in [2.45, 2.75) is 19.9 Å². The van der Waals surface area contributed by atoms with Gasteiger partial charge in [-0.2, -0.15) is 5.10 Å². The highest BCUT2D eigenvalue weighted by molar-refractivity contribution is 5.91. The molecule has 0 saturated carbocycles. The lowest BCUT2D eigenvalue weighted by molar-refractivity contribution is -0.115. The second-order valence-corrected chi connectivity index (χ2v) is 3.99. The van der Waals surface area contributed by atoms with Crippen LogP contribution in [0.2, 0.25) is 0 Å². The molecule has 0 atom stereocenters. The van der Waals surface area contributed by atoms with Crippen molar-refractivity contribution in [2.75, 3.05) is 32.1 Å². The number of anilines is 1. The fraction of sp³-hybridized carbons (Fsp3) is 0.636. The van der Waals surface area contributed by atoms with Gasteiger partial charge in [-0.25, -0.2) is 0 Å². The molecule has 0 fully saturated rings. The van der Waals surface area contributed by atoms with Crippen LogP contribution < -0.4 is 10.6 Å². The number of hydrogen-bond donors (Lipinski definition) is 2. The number of ether oxygens (including phenoxy) is 1. The molecule has 96 valence electrons. The quantitative estimate of drug-likeness (QED) is 0.686. The third-order valence-corrected chi connectivity index (χ3v) is 2.17. The molecule has 2 N–H and O–H groups in total. The van der Waals surface area contributed by atoms with Crippen LogP contribution in [0.1, 0.15) is 19.9 Å². The summed E-state index contributed by atoms with van der Waals surface area (Å²) in [5.41, 5.74) is 0. The molecule has 0 aliphatic heterocycles. The van der Waals surface area contributed by atoms with Gasteiger partial charge in [-0.3, -0.25) is 9.48 Å². The van der Waals surface area contributed by atoms with Gasteiger partial charge in [0.2, 0.25) is 5.91 Å². The average molecular weight is 240 g/mol. The van der Waals surface area contributed by atoms with Crippen LogP contribution in [-0.4, -0.2) is 42.5 Å². The lowest BCUT2D eigenvalue weighted by atomic mass is 10.4. The zero-order valence-corrected chi connectivity index (χ0v) is 10.6.